The van der Waals surface area contributed by atoms with E-state index < -0.39 is 0 Å². The van der Waals surface area contributed by atoms with Gasteiger partial charge in [0.25, 0.3) is 0 Å². The Morgan fingerprint density at radius 2 is 2.24 bits per heavy atom. The van der Waals surface area contributed by atoms with Crippen molar-refractivity contribution in [3.8, 4) is 0 Å². The second-order valence-corrected chi connectivity index (χ2v) is 7.38. The van der Waals surface area contributed by atoms with Gasteiger partial charge in [0.15, 0.2) is 0 Å². The zero-order chi connectivity index (χ0) is 14.8. The number of aromatic nitrogens is 2. The fraction of sp³-hybridized carbons (Fsp3) is 0.533. The molecule has 0 fully saturated rings. The third-order valence-electron chi connectivity index (χ3n) is 3.81. The van der Waals surface area contributed by atoms with E-state index in [9.17, 15) is 4.79 Å². The van der Waals surface area contributed by atoms with Crippen LogP contribution in [0.3, 0.4) is 0 Å². The number of carbonyl (C=O) groups is 1. The topological polar surface area (TPSA) is 52.1 Å². The minimum absolute atomic E-state index is 0.182. The Bertz CT molecular complexity index is 669. The average Bonchev–Trinajstić information content (AvgIpc) is 2.91. The van der Waals surface area contributed by atoms with Gasteiger partial charge in [-0.25, -0.2) is 9.97 Å². The van der Waals surface area contributed by atoms with Crippen LogP contribution in [0.25, 0.3) is 10.2 Å². The number of hydrogen-bond donors (Lipinski definition) is 0. The van der Waals surface area contributed by atoms with Crippen LogP contribution in [0.15, 0.2) is 11.4 Å². The standard InChI is InChI=1S/C15H18N2O2S2/c1-3-10(15(18)19-2)20-13-12-9-6-4-5-7-11(9)21-14(12)17-8-16-13/h8,10H,3-7H2,1-2H3/t10-/m0/s1. The van der Waals surface area contributed by atoms with E-state index in [1.165, 1.54) is 47.5 Å². The van der Waals surface area contributed by atoms with Crippen molar-refractivity contribution < 1.29 is 9.53 Å². The molecule has 0 aromatic carbocycles. The Hall–Kier alpha value is -1.14. The van der Waals surface area contributed by atoms with Crippen molar-refractivity contribution in [2.75, 3.05) is 7.11 Å². The molecular weight excluding hydrogens is 304 g/mol. The molecule has 3 rings (SSSR count). The van der Waals surface area contributed by atoms with Crippen LogP contribution in [0, 0.1) is 0 Å². The van der Waals surface area contributed by atoms with E-state index >= 15 is 0 Å². The highest BCUT2D eigenvalue weighted by atomic mass is 32.2. The van der Waals surface area contributed by atoms with Crippen molar-refractivity contribution in [3.05, 3.63) is 16.8 Å². The van der Waals surface area contributed by atoms with E-state index in [2.05, 4.69) is 9.97 Å². The van der Waals surface area contributed by atoms with Crippen molar-refractivity contribution in [1.29, 1.82) is 0 Å². The van der Waals surface area contributed by atoms with Crippen LogP contribution in [0.5, 0.6) is 0 Å². The molecule has 0 N–H and O–H groups in total. The molecule has 2 aromatic heterocycles. The van der Waals surface area contributed by atoms with Gasteiger partial charge < -0.3 is 4.74 Å². The largest absolute Gasteiger partial charge is 0.468 e. The minimum atomic E-state index is -0.202. The summed E-state index contributed by atoms with van der Waals surface area (Å²) < 4.78 is 4.88. The van der Waals surface area contributed by atoms with Crippen molar-refractivity contribution in [3.63, 3.8) is 0 Å². The molecule has 112 valence electrons. The molecule has 0 saturated carbocycles. The predicted octanol–water partition coefficient (Wildman–Crippen LogP) is 3.61. The maximum Gasteiger partial charge on any atom is 0.319 e. The first-order valence-corrected chi connectivity index (χ1v) is 8.94. The number of ether oxygens (including phenoxy) is 1. The summed E-state index contributed by atoms with van der Waals surface area (Å²) in [6.07, 6.45) is 7.08. The number of methoxy groups -OCH3 is 1. The highest BCUT2D eigenvalue weighted by Crippen LogP contribution is 2.40. The first-order chi connectivity index (χ1) is 10.2. The number of nitrogens with zero attached hydrogens (tertiary/aromatic N) is 2. The zero-order valence-electron chi connectivity index (χ0n) is 12.2. The SMILES string of the molecule is CC[C@H](Sc1ncnc2sc3c(c12)CCCC3)C(=O)OC. The summed E-state index contributed by atoms with van der Waals surface area (Å²) in [6, 6.07) is 0. The van der Waals surface area contributed by atoms with Crippen molar-refractivity contribution in [1.82, 2.24) is 9.97 Å². The lowest BCUT2D eigenvalue weighted by Crippen LogP contribution is -2.17. The van der Waals surface area contributed by atoms with Gasteiger partial charge in [0.1, 0.15) is 21.4 Å². The van der Waals surface area contributed by atoms with Gasteiger partial charge in [0.05, 0.1) is 7.11 Å². The summed E-state index contributed by atoms with van der Waals surface area (Å²) in [4.78, 5) is 23.2. The lowest BCUT2D eigenvalue weighted by molar-refractivity contribution is -0.140. The zero-order valence-corrected chi connectivity index (χ0v) is 13.9. The second kappa shape index (κ2) is 6.32. The molecule has 0 aliphatic heterocycles. The van der Waals surface area contributed by atoms with Gasteiger partial charge in [-0.15, -0.1) is 11.3 Å². The van der Waals surface area contributed by atoms with Crippen LogP contribution < -0.4 is 0 Å². The molecule has 4 nitrogen and oxygen atoms in total. The number of esters is 1. The van der Waals surface area contributed by atoms with Gasteiger partial charge in [-0.05, 0) is 37.7 Å². The van der Waals surface area contributed by atoms with E-state index in [4.69, 9.17) is 4.74 Å². The summed E-state index contributed by atoms with van der Waals surface area (Å²) >= 11 is 3.29. The Morgan fingerprint density at radius 3 is 3.00 bits per heavy atom. The first kappa shape index (κ1) is 14.8. The number of rotatable bonds is 4. The van der Waals surface area contributed by atoms with Gasteiger partial charge in [-0.3, -0.25) is 4.79 Å². The fourth-order valence-corrected chi connectivity index (χ4v) is 5.08. The fourth-order valence-electron chi connectivity index (χ4n) is 2.71. The summed E-state index contributed by atoms with van der Waals surface area (Å²) in [5.41, 5.74) is 1.41. The predicted molar refractivity (Wildman–Crippen MR) is 86.0 cm³/mol. The number of thiophene rings is 1. The molecule has 0 bridgehead atoms. The van der Waals surface area contributed by atoms with Crippen LogP contribution in [-0.2, 0) is 22.4 Å². The molecule has 1 aliphatic rings. The molecular formula is C15H18N2O2S2. The van der Waals surface area contributed by atoms with E-state index in [1.54, 1.807) is 17.7 Å². The number of thioether (sulfide) groups is 1. The Kier molecular flexibility index (Phi) is 4.45. The molecule has 2 aromatic rings. The van der Waals surface area contributed by atoms with Gasteiger partial charge >= 0.3 is 5.97 Å². The molecule has 1 aliphatic carbocycles. The van der Waals surface area contributed by atoms with E-state index in [1.807, 2.05) is 6.92 Å². The normalized spacial score (nSPS) is 15.7. The number of aryl methyl sites for hydroxylation is 2. The van der Waals surface area contributed by atoms with Gasteiger partial charge in [0, 0.05) is 10.3 Å². The summed E-state index contributed by atoms with van der Waals surface area (Å²) in [7, 11) is 1.44. The lowest BCUT2D eigenvalue weighted by Gasteiger charge is -2.14. The van der Waals surface area contributed by atoms with Crippen molar-refractivity contribution >= 4 is 39.3 Å². The number of hydrogen-bond acceptors (Lipinski definition) is 6. The van der Waals surface area contributed by atoms with Gasteiger partial charge in [-0.1, -0.05) is 18.7 Å². The Balaban J connectivity index is 2.02. The van der Waals surface area contributed by atoms with Crippen LogP contribution in [0.2, 0.25) is 0 Å². The van der Waals surface area contributed by atoms with Crippen LogP contribution in [0.4, 0.5) is 0 Å². The smallest absolute Gasteiger partial charge is 0.319 e. The van der Waals surface area contributed by atoms with E-state index in [0.29, 0.717) is 0 Å². The third kappa shape index (κ3) is 2.79. The van der Waals surface area contributed by atoms with Crippen LogP contribution in [-0.4, -0.2) is 28.3 Å². The molecule has 0 unspecified atom stereocenters. The van der Waals surface area contributed by atoms with Gasteiger partial charge in [0.2, 0.25) is 0 Å². The minimum Gasteiger partial charge on any atom is -0.468 e. The Labute approximate surface area is 132 Å². The highest BCUT2D eigenvalue weighted by molar-refractivity contribution is 8.00. The Morgan fingerprint density at radius 1 is 1.43 bits per heavy atom. The molecule has 0 radical (unpaired) electrons. The van der Waals surface area contributed by atoms with Crippen molar-refractivity contribution in [2.45, 2.75) is 49.3 Å². The molecule has 2 heterocycles. The van der Waals surface area contributed by atoms with E-state index in [-0.39, 0.29) is 11.2 Å². The third-order valence-corrected chi connectivity index (χ3v) is 6.35. The maximum atomic E-state index is 11.8. The summed E-state index contributed by atoms with van der Waals surface area (Å²) in [6.45, 7) is 2.00. The van der Waals surface area contributed by atoms with Crippen LogP contribution in [0.1, 0.15) is 36.6 Å². The van der Waals surface area contributed by atoms with Crippen molar-refractivity contribution in [2.24, 2.45) is 0 Å². The quantitative estimate of drug-likeness (QED) is 0.489. The maximum absolute atomic E-state index is 11.8. The number of fused-ring (bicyclic) bond motifs is 3. The molecule has 0 saturated heterocycles. The highest BCUT2D eigenvalue weighted by Gasteiger charge is 2.24. The van der Waals surface area contributed by atoms with Gasteiger partial charge in [-0.2, -0.15) is 0 Å². The molecule has 0 spiro atoms. The monoisotopic (exact) mass is 322 g/mol. The summed E-state index contributed by atoms with van der Waals surface area (Å²) in [5.74, 6) is -0.182. The van der Waals surface area contributed by atoms with Crippen LogP contribution >= 0.6 is 23.1 Å². The molecule has 21 heavy (non-hydrogen) atoms. The molecule has 0 amide bonds. The molecule has 1 atom stereocenters. The summed E-state index contributed by atoms with van der Waals surface area (Å²) in [5, 5.41) is 1.90. The second-order valence-electron chi connectivity index (χ2n) is 5.11. The lowest BCUT2D eigenvalue weighted by atomic mass is 9.97. The number of carbonyl (C=O) groups excluding carboxylic acids is 1. The van der Waals surface area contributed by atoms with E-state index in [0.717, 1.165) is 29.1 Å². The average molecular weight is 322 g/mol. The molecule has 6 heteroatoms. The first-order valence-electron chi connectivity index (χ1n) is 7.24.